The molecule has 0 aliphatic heterocycles. The largest absolute Gasteiger partial charge is 0.0877 e. The molecule has 0 radical (unpaired) electrons. The summed E-state index contributed by atoms with van der Waals surface area (Å²) < 4.78 is 0. The third-order valence-electron chi connectivity index (χ3n) is 7.00. The van der Waals surface area contributed by atoms with Crippen LogP contribution in [0.4, 0.5) is 0 Å². The van der Waals surface area contributed by atoms with Gasteiger partial charge in [0.25, 0.3) is 0 Å². The van der Waals surface area contributed by atoms with Crippen molar-refractivity contribution in [2.45, 2.75) is 100 Å². The van der Waals surface area contributed by atoms with Crippen molar-refractivity contribution in [2.24, 2.45) is 28.6 Å². The van der Waals surface area contributed by atoms with Gasteiger partial charge in [0.1, 0.15) is 0 Å². The third kappa shape index (κ3) is 7.09. The van der Waals surface area contributed by atoms with Crippen LogP contribution in [0.25, 0.3) is 0 Å². The maximum Gasteiger partial charge on any atom is -0.00985 e. The van der Waals surface area contributed by atoms with Crippen molar-refractivity contribution < 1.29 is 0 Å². The molecular formula is C26H46. The highest BCUT2D eigenvalue weighted by molar-refractivity contribution is 5.30. The van der Waals surface area contributed by atoms with E-state index in [4.69, 9.17) is 0 Å². The summed E-state index contributed by atoms with van der Waals surface area (Å²) in [5.74, 6) is 2.70. The maximum absolute atomic E-state index is 2.46. The zero-order chi connectivity index (χ0) is 19.8. The molecule has 0 aromatic carbocycles. The lowest BCUT2D eigenvalue weighted by molar-refractivity contribution is 0.143. The molecule has 150 valence electrons. The van der Waals surface area contributed by atoms with Crippen molar-refractivity contribution in [3.63, 3.8) is 0 Å². The van der Waals surface area contributed by atoms with Crippen molar-refractivity contribution in [2.75, 3.05) is 0 Å². The Morgan fingerprint density at radius 3 is 2.35 bits per heavy atom. The Kier molecular flexibility index (Phi) is 9.42. The van der Waals surface area contributed by atoms with Gasteiger partial charge in [0.15, 0.2) is 0 Å². The Hall–Kier alpha value is -0.780. The highest BCUT2D eigenvalue weighted by atomic mass is 14.4. The summed E-state index contributed by atoms with van der Waals surface area (Å²) in [4.78, 5) is 0. The normalized spacial score (nSPS) is 23.6. The molecule has 1 aliphatic rings. The van der Waals surface area contributed by atoms with Gasteiger partial charge in [0.2, 0.25) is 0 Å². The highest BCUT2D eigenvalue weighted by Crippen LogP contribution is 2.45. The molecule has 26 heavy (non-hydrogen) atoms. The molecule has 3 atom stereocenters. The Balaban J connectivity index is 2.78. The van der Waals surface area contributed by atoms with Gasteiger partial charge in [0, 0.05) is 0 Å². The summed E-state index contributed by atoms with van der Waals surface area (Å²) in [6, 6.07) is 0. The van der Waals surface area contributed by atoms with E-state index >= 15 is 0 Å². The molecule has 0 nitrogen and oxygen atoms in total. The lowest BCUT2D eigenvalue weighted by atomic mass is 9.65. The van der Waals surface area contributed by atoms with Crippen LogP contribution >= 0.6 is 0 Å². The van der Waals surface area contributed by atoms with Gasteiger partial charge in [-0.1, -0.05) is 98.1 Å². The predicted molar refractivity (Wildman–Crippen MR) is 119 cm³/mol. The topological polar surface area (TPSA) is 0 Å². The molecule has 0 heterocycles. The van der Waals surface area contributed by atoms with E-state index in [1.807, 2.05) is 0 Å². The second kappa shape index (κ2) is 10.5. The Morgan fingerprint density at radius 2 is 1.85 bits per heavy atom. The van der Waals surface area contributed by atoms with E-state index in [0.717, 1.165) is 17.8 Å². The molecule has 0 N–H and O–H groups in total. The van der Waals surface area contributed by atoms with Crippen LogP contribution in [0.5, 0.6) is 0 Å². The summed E-state index contributed by atoms with van der Waals surface area (Å²) in [6.45, 7) is 19.1. The SMILES string of the molecule is CC=CC=C(C=CCCC1CCC1C)C(C)(C)CC(C)(C)C(C)CCC. The fourth-order valence-corrected chi connectivity index (χ4v) is 4.63. The smallest absolute Gasteiger partial charge is 0.00985 e. The van der Waals surface area contributed by atoms with Crippen LogP contribution in [0.2, 0.25) is 0 Å². The Bertz CT molecular complexity index is 486. The van der Waals surface area contributed by atoms with Crippen molar-refractivity contribution in [3.8, 4) is 0 Å². The van der Waals surface area contributed by atoms with Gasteiger partial charge in [-0.05, 0) is 66.8 Å². The fraction of sp³-hybridized carbons (Fsp3) is 0.769. The monoisotopic (exact) mass is 358 g/mol. The summed E-state index contributed by atoms with van der Waals surface area (Å²) in [5, 5.41) is 0. The standard InChI is InChI=1S/C26H46/c1-9-11-16-24(17-13-12-15-23-19-18-21(23)3)26(7,8)20-25(5,6)22(4)14-10-2/h9,11,13,16-17,21-23H,10,12,14-15,18-20H2,1-8H3. The minimum atomic E-state index is 0.200. The lowest BCUT2D eigenvalue weighted by Gasteiger charge is -2.40. The van der Waals surface area contributed by atoms with Gasteiger partial charge < -0.3 is 0 Å². The molecule has 1 saturated carbocycles. The van der Waals surface area contributed by atoms with Crippen LogP contribution in [0.15, 0.2) is 36.0 Å². The second-order valence-electron chi connectivity index (χ2n) is 10.2. The average Bonchev–Trinajstić information content (AvgIpc) is 2.54. The quantitative estimate of drug-likeness (QED) is 0.324. The van der Waals surface area contributed by atoms with Crippen LogP contribution in [0.1, 0.15) is 100 Å². The van der Waals surface area contributed by atoms with Crippen LogP contribution in [-0.4, -0.2) is 0 Å². The summed E-state index contributed by atoms with van der Waals surface area (Å²) in [6.07, 6.45) is 20.9. The third-order valence-corrected chi connectivity index (χ3v) is 7.00. The van der Waals surface area contributed by atoms with E-state index in [1.165, 1.54) is 50.5 Å². The van der Waals surface area contributed by atoms with Gasteiger partial charge in [-0.2, -0.15) is 0 Å². The van der Waals surface area contributed by atoms with Gasteiger partial charge in [-0.3, -0.25) is 0 Å². The van der Waals surface area contributed by atoms with Gasteiger partial charge in [0.05, 0.1) is 0 Å². The number of rotatable bonds is 11. The van der Waals surface area contributed by atoms with Crippen LogP contribution in [0.3, 0.4) is 0 Å². The van der Waals surface area contributed by atoms with Crippen LogP contribution in [0, 0.1) is 28.6 Å². The number of hydrogen-bond acceptors (Lipinski definition) is 0. The molecule has 0 amide bonds. The summed E-state index contributed by atoms with van der Waals surface area (Å²) >= 11 is 0. The molecule has 1 fully saturated rings. The molecule has 0 heteroatoms. The summed E-state index contributed by atoms with van der Waals surface area (Å²) in [5.41, 5.74) is 2.05. The van der Waals surface area contributed by atoms with Crippen LogP contribution in [-0.2, 0) is 0 Å². The van der Waals surface area contributed by atoms with Crippen molar-refractivity contribution in [1.29, 1.82) is 0 Å². The lowest BCUT2D eigenvalue weighted by Crippen LogP contribution is -2.30. The van der Waals surface area contributed by atoms with Crippen molar-refractivity contribution >= 4 is 0 Å². The molecule has 0 saturated heterocycles. The van der Waals surface area contributed by atoms with Gasteiger partial charge in [-0.15, -0.1) is 0 Å². The summed E-state index contributed by atoms with van der Waals surface area (Å²) in [7, 11) is 0. The molecule has 0 aromatic rings. The van der Waals surface area contributed by atoms with E-state index in [2.05, 4.69) is 85.8 Å². The minimum absolute atomic E-state index is 0.200. The first kappa shape index (κ1) is 23.3. The molecule has 1 aliphatic carbocycles. The van der Waals surface area contributed by atoms with E-state index < -0.39 is 0 Å². The van der Waals surface area contributed by atoms with Gasteiger partial charge >= 0.3 is 0 Å². The molecule has 0 aromatic heterocycles. The van der Waals surface area contributed by atoms with E-state index in [9.17, 15) is 0 Å². The predicted octanol–water partition coefficient (Wildman–Crippen LogP) is 8.75. The first-order valence-electron chi connectivity index (χ1n) is 11.1. The van der Waals surface area contributed by atoms with Gasteiger partial charge in [-0.25, -0.2) is 0 Å². The molecule has 0 spiro atoms. The zero-order valence-electron chi connectivity index (χ0n) is 19.1. The highest BCUT2D eigenvalue weighted by Gasteiger charge is 2.34. The zero-order valence-corrected chi connectivity index (χ0v) is 19.1. The van der Waals surface area contributed by atoms with Crippen molar-refractivity contribution in [1.82, 2.24) is 0 Å². The first-order valence-corrected chi connectivity index (χ1v) is 11.1. The average molecular weight is 359 g/mol. The number of hydrogen-bond donors (Lipinski definition) is 0. The molecule has 1 rings (SSSR count). The van der Waals surface area contributed by atoms with E-state index in [1.54, 1.807) is 0 Å². The first-order chi connectivity index (χ1) is 12.1. The van der Waals surface area contributed by atoms with E-state index in [0.29, 0.717) is 5.41 Å². The second-order valence-corrected chi connectivity index (χ2v) is 10.2. The fourth-order valence-electron chi connectivity index (χ4n) is 4.63. The Morgan fingerprint density at radius 1 is 1.15 bits per heavy atom. The van der Waals surface area contributed by atoms with E-state index in [-0.39, 0.29) is 5.41 Å². The molecular weight excluding hydrogens is 312 g/mol. The van der Waals surface area contributed by atoms with Crippen LogP contribution < -0.4 is 0 Å². The number of allylic oxidation sites excluding steroid dienone is 6. The molecule has 0 bridgehead atoms. The maximum atomic E-state index is 2.46. The molecule has 3 unspecified atom stereocenters. The minimum Gasteiger partial charge on any atom is -0.0877 e. The van der Waals surface area contributed by atoms with Crippen molar-refractivity contribution in [3.05, 3.63) is 36.0 Å². The Labute approximate surface area is 165 Å².